The van der Waals surface area contributed by atoms with E-state index in [0.29, 0.717) is 39.8 Å². The van der Waals surface area contributed by atoms with E-state index >= 15 is 0 Å². The molecule has 1 saturated heterocycles. The Morgan fingerprint density at radius 1 is 1.10 bits per heavy atom. The number of amides is 1. The molecular weight excluding hydrogens is 540 g/mol. The molecule has 1 unspecified atom stereocenters. The number of hydrogen-bond acceptors (Lipinski definition) is 8. The Morgan fingerprint density at radius 2 is 1.88 bits per heavy atom. The molecule has 3 aromatic heterocycles. The molecule has 9 nitrogen and oxygen atoms in total. The monoisotopic (exact) mass is 572 g/mol. The first-order chi connectivity index (χ1) is 19.6. The van der Waals surface area contributed by atoms with Gasteiger partial charge in [-0.15, -0.1) is 0 Å². The van der Waals surface area contributed by atoms with Gasteiger partial charge in [0, 0.05) is 13.1 Å². The van der Waals surface area contributed by atoms with Crippen molar-refractivity contribution in [1.82, 2.24) is 14.4 Å². The number of carbonyl (C=O) groups is 3. The van der Waals surface area contributed by atoms with Gasteiger partial charge in [-0.2, -0.15) is 0 Å². The van der Waals surface area contributed by atoms with Crippen LogP contribution in [0.4, 0.5) is 5.13 Å². The lowest BCUT2D eigenvalue weighted by Crippen LogP contribution is -2.29. The lowest BCUT2D eigenvalue weighted by atomic mass is 9.96. The first-order valence-corrected chi connectivity index (χ1v) is 14.4. The summed E-state index contributed by atoms with van der Waals surface area (Å²) < 4.78 is 7.81. The molecule has 0 spiro atoms. The van der Waals surface area contributed by atoms with E-state index in [9.17, 15) is 19.5 Å². The average molecular weight is 573 g/mol. The number of unbranched alkanes of at least 4 members (excludes halogenated alkanes) is 2. The summed E-state index contributed by atoms with van der Waals surface area (Å²) in [5.41, 5.74) is 3.32. The summed E-state index contributed by atoms with van der Waals surface area (Å²) in [4.78, 5) is 50.3. The number of benzene rings is 1. The van der Waals surface area contributed by atoms with E-state index in [1.54, 1.807) is 32.0 Å². The third-order valence-corrected chi connectivity index (χ3v) is 8.51. The molecule has 4 heterocycles. The largest absolute Gasteiger partial charge is 0.505 e. The number of rotatable bonds is 9. The van der Waals surface area contributed by atoms with Crippen molar-refractivity contribution in [3.8, 4) is 5.75 Å². The summed E-state index contributed by atoms with van der Waals surface area (Å²) in [6.45, 7) is 9.49. The Balaban J connectivity index is 1.69. The molecule has 1 N–H and O–H groups in total. The van der Waals surface area contributed by atoms with Gasteiger partial charge in [-0.25, -0.2) is 9.97 Å². The number of fused-ring (bicyclic) bond motifs is 1. The zero-order valence-electron chi connectivity index (χ0n) is 23.7. The number of carbonyl (C=O) groups excluding carboxylic acids is 3. The van der Waals surface area contributed by atoms with Crippen molar-refractivity contribution < 1.29 is 24.2 Å². The molecule has 0 bridgehead atoms. The summed E-state index contributed by atoms with van der Waals surface area (Å²) in [7, 11) is 0. The van der Waals surface area contributed by atoms with E-state index < -0.39 is 17.7 Å². The second-order valence-corrected chi connectivity index (χ2v) is 11.2. The van der Waals surface area contributed by atoms with Crippen molar-refractivity contribution in [3.63, 3.8) is 0 Å². The highest BCUT2D eigenvalue weighted by Crippen LogP contribution is 2.44. The van der Waals surface area contributed by atoms with E-state index in [2.05, 4.69) is 16.9 Å². The molecule has 0 saturated carbocycles. The van der Waals surface area contributed by atoms with Gasteiger partial charge in [0.15, 0.2) is 16.7 Å². The maximum atomic E-state index is 13.7. The van der Waals surface area contributed by atoms with E-state index in [1.165, 1.54) is 11.8 Å². The minimum Gasteiger partial charge on any atom is -0.505 e. The third-order valence-electron chi connectivity index (χ3n) is 7.25. The van der Waals surface area contributed by atoms with Crippen molar-refractivity contribution in [1.29, 1.82) is 0 Å². The van der Waals surface area contributed by atoms with E-state index in [4.69, 9.17) is 4.74 Å². The summed E-state index contributed by atoms with van der Waals surface area (Å²) >= 11 is 1.05. The zero-order chi connectivity index (χ0) is 29.4. The molecule has 10 heteroatoms. The molecular formula is C31H32N4O5S. The van der Waals surface area contributed by atoms with Crippen molar-refractivity contribution >= 4 is 45.3 Å². The van der Waals surface area contributed by atoms with Gasteiger partial charge in [0.05, 0.1) is 34.5 Å². The van der Waals surface area contributed by atoms with Gasteiger partial charge < -0.3 is 14.2 Å². The predicted octanol–water partition coefficient (Wildman–Crippen LogP) is 6.11. The van der Waals surface area contributed by atoms with Crippen LogP contribution in [0.2, 0.25) is 0 Å². The molecule has 0 radical (unpaired) electrons. The third kappa shape index (κ3) is 5.04. The second-order valence-electron chi connectivity index (χ2n) is 10.2. The van der Waals surface area contributed by atoms with Gasteiger partial charge in [0.25, 0.3) is 5.78 Å². The highest BCUT2D eigenvalue weighted by Gasteiger charge is 2.49. The summed E-state index contributed by atoms with van der Waals surface area (Å²) in [6.07, 6.45) is 4.84. The number of anilines is 1. The quantitative estimate of drug-likeness (QED) is 0.0846. The first kappa shape index (κ1) is 28.2. The number of aliphatic hydroxyl groups excluding tert-OH is 1. The molecule has 41 heavy (non-hydrogen) atoms. The fourth-order valence-electron chi connectivity index (χ4n) is 5.15. The molecule has 1 aromatic carbocycles. The van der Waals surface area contributed by atoms with E-state index in [0.717, 1.165) is 36.2 Å². The predicted molar refractivity (Wildman–Crippen MR) is 158 cm³/mol. The van der Waals surface area contributed by atoms with Gasteiger partial charge in [-0.05, 0) is 56.5 Å². The summed E-state index contributed by atoms with van der Waals surface area (Å²) in [5.74, 6) is -1.66. The Hall–Kier alpha value is -4.31. The van der Waals surface area contributed by atoms with Gasteiger partial charge in [-0.1, -0.05) is 49.3 Å². The standard InChI is InChI=1S/C31H32N4O5S/c1-6-7-8-15-40-22-13-9-12-21(16-22)25-23(26(37)24-19(4)34-14-10-11-17(2)29(34)33-24)27(38)30(39)35(25)31-32-18(3)28(41-31)20(5)36/h9-14,16,25,37H,6-8,15H2,1-5H3/b26-23+. The van der Waals surface area contributed by atoms with Crippen LogP contribution in [0, 0.1) is 20.8 Å². The molecule has 1 aliphatic heterocycles. The van der Waals surface area contributed by atoms with E-state index in [-0.39, 0.29) is 27.9 Å². The second kappa shape index (κ2) is 11.3. The minimum absolute atomic E-state index is 0.0977. The van der Waals surface area contributed by atoms with Crippen molar-refractivity contribution in [2.75, 3.05) is 11.5 Å². The van der Waals surface area contributed by atoms with Crippen molar-refractivity contribution in [2.24, 2.45) is 0 Å². The molecule has 1 aliphatic rings. The van der Waals surface area contributed by atoms with Crippen LogP contribution in [0.15, 0.2) is 48.2 Å². The number of Topliss-reactive ketones (excluding diaryl/α,β-unsaturated/α-hetero) is 2. The summed E-state index contributed by atoms with van der Waals surface area (Å²) in [6, 6.07) is 9.94. The zero-order valence-corrected chi connectivity index (χ0v) is 24.5. The molecule has 212 valence electrons. The van der Waals surface area contributed by atoms with Gasteiger partial charge in [0.1, 0.15) is 17.1 Å². The van der Waals surface area contributed by atoms with Crippen LogP contribution in [-0.4, -0.2) is 43.6 Å². The lowest BCUT2D eigenvalue weighted by molar-refractivity contribution is -0.132. The molecule has 5 rings (SSSR count). The van der Waals surface area contributed by atoms with Gasteiger partial charge >= 0.3 is 5.91 Å². The Kier molecular flexibility index (Phi) is 7.77. The number of nitrogens with zero attached hydrogens (tertiary/aromatic N) is 4. The maximum absolute atomic E-state index is 13.7. The number of aromatic nitrogens is 3. The minimum atomic E-state index is -1.01. The number of aryl methyl sites for hydroxylation is 3. The number of hydrogen-bond donors (Lipinski definition) is 1. The summed E-state index contributed by atoms with van der Waals surface area (Å²) in [5, 5.41) is 11.9. The van der Waals surface area contributed by atoms with Crippen LogP contribution in [0.1, 0.15) is 77.0 Å². The molecule has 4 aromatic rings. The van der Waals surface area contributed by atoms with Crippen LogP contribution >= 0.6 is 11.3 Å². The van der Waals surface area contributed by atoms with Gasteiger partial charge in [0.2, 0.25) is 0 Å². The highest BCUT2D eigenvalue weighted by molar-refractivity contribution is 7.18. The molecule has 0 aliphatic carbocycles. The van der Waals surface area contributed by atoms with Crippen LogP contribution in [0.25, 0.3) is 11.4 Å². The Labute approximate surface area is 242 Å². The number of ether oxygens (including phenoxy) is 1. The SMILES string of the molecule is CCCCCOc1cccc(C2/C(=C(\O)c3nc4c(C)cccn4c3C)C(=O)C(=O)N2c2nc(C)c(C(C)=O)s2)c1. The highest BCUT2D eigenvalue weighted by atomic mass is 32.1. The smallest absolute Gasteiger partial charge is 0.301 e. The number of ketones is 2. The van der Waals surface area contributed by atoms with E-state index in [1.807, 2.05) is 35.7 Å². The van der Waals surface area contributed by atoms with Gasteiger partial charge in [-0.3, -0.25) is 19.3 Å². The fourth-order valence-corrected chi connectivity index (χ4v) is 6.14. The topological polar surface area (TPSA) is 114 Å². The van der Waals surface area contributed by atoms with Crippen LogP contribution in [0.5, 0.6) is 5.75 Å². The van der Waals surface area contributed by atoms with Crippen LogP contribution < -0.4 is 9.64 Å². The van der Waals surface area contributed by atoms with Crippen LogP contribution in [-0.2, 0) is 9.59 Å². The maximum Gasteiger partial charge on any atom is 0.301 e. The molecule has 1 amide bonds. The number of pyridine rings is 1. The average Bonchev–Trinajstić information content (AvgIpc) is 3.58. The van der Waals surface area contributed by atoms with Crippen LogP contribution in [0.3, 0.4) is 0 Å². The first-order valence-electron chi connectivity index (χ1n) is 13.6. The Morgan fingerprint density at radius 3 is 2.56 bits per heavy atom. The van der Waals surface area contributed by atoms with Crippen molar-refractivity contribution in [3.05, 3.63) is 81.3 Å². The Bertz CT molecular complexity index is 1720. The molecule has 1 atom stereocenters. The normalized spacial score (nSPS) is 16.6. The number of thiazole rings is 1. The van der Waals surface area contributed by atoms with Crippen molar-refractivity contribution in [2.45, 2.75) is 59.9 Å². The number of imidazole rings is 1. The fraction of sp³-hybridized carbons (Fsp3) is 0.323. The molecule has 1 fully saturated rings. The lowest BCUT2D eigenvalue weighted by Gasteiger charge is -2.23. The number of aliphatic hydroxyl groups is 1.